The molecular weight excluding hydrogens is 322 g/mol. The average molecular weight is 334 g/mol. The van der Waals surface area contributed by atoms with Crippen LogP contribution in [0.2, 0.25) is 5.02 Å². The molecular formula is C15H12ClN3O2S. The van der Waals surface area contributed by atoms with Crippen LogP contribution in [0.25, 0.3) is 10.8 Å². The first-order valence-electron chi connectivity index (χ1n) is 6.59. The van der Waals surface area contributed by atoms with E-state index >= 15 is 0 Å². The fourth-order valence-electron chi connectivity index (χ4n) is 1.86. The van der Waals surface area contributed by atoms with Crippen molar-refractivity contribution in [2.45, 2.75) is 13.0 Å². The third kappa shape index (κ3) is 3.52. The first-order valence-corrected chi connectivity index (χ1v) is 7.84. The molecule has 0 fully saturated rings. The first-order chi connectivity index (χ1) is 10.7. The van der Waals surface area contributed by atoms with Crippen LogP contribution in [0.5, 0.6) is 0 Å². The molecule has 5 nitrogen and oxygen atoms in total. The van der Waals surface area contributed by atoms with Gasteiger partial charge in [-0.25, -0.2) is 0 Å². The van der Waals surface area contributed by atoms with E-state index in [9.17, 15) is 4.79 Å². The highest BCUT2D eigenvalue weighted by Crippen LogP contribution is 2.23. The number of benzene rings is 1. The van der Waals surface area contributed by atoms with Gasteiger partial charge in [-0.1, -0.05) is 35.9 Å². The van der Waals surface area contributed by atoms with Gasteiger partial charge >= 0.3 is 0 Å². The topological polar surface area (TPSA) is 68.0 Å². The second kappa shape index (κ2) is 6.72. The Morgan fingerprint density at radius 3 is 2.86 bits per heavy atom. The molecule has 0 aliphatic carbocycles. The van der Waals surface area contributed by atoms with E-state index in [1.54, 1.807) is 6.07 Å². The zero-order valence-corrected chi connectivity index (χ0v) is 13.0. The zero-order chi connectivity index (χ0) is 15.4. The first kappa shape index (κ1) is 14.7. The van der Waals surface area contributed by atoms with Crippen molar-refractivity contribution >= 4 is 28.8 Å². The lowest BCUT2D eigenvalue weighted by atomic mass is 10.2. The van der Waals surface area contributed by atoms with Gasteiger partial charge in [-0.15, -0.1) is 21.5 Å². The summed E-state index contributed by atoms with van der Waals surface area (Å²) >= 11 is 7.54. The van der Waals surface area contributed by atoms with Crippen molar-refractivity contribution in [2.24, 2.45) is 0 Å². The second-order valence-electron chi connectivity index (χ2n) is 4.52. The van der Waals surface area contributed by atoms with E-state index in [1.807, 2.05) is 35.7 Å². The molecule has 7 heteroatoms. The third-order valence-electron chi connectivity index (χ3n) is 2.94. The molecule has 0 radical (unpaired) electrons. The van der Waals surface area contributed by atoms with E-state index in [0.717, 1.165) is 10.4 Å². The number of hydrogen-bond donors (Lipinski definition) is 1. The number of carbonyl (C=O) groups excluding carboxylic acids is 1. The van der Waals surface area contributed by atoms with Gasteiger partial charge in [-0.05, 0) is 23.1 Å². The predicted molar refractivity (Wildman–Crippen MR) is 84.6 cm³/mol. The number of amides is 1. The summed E-state index contributed by atoms with van der Waals surface area (Å²) in [5.74, 6) is 0.533. The molecule has 0 atom stereocenters. The summed E-state index contributed by atoms with van der Waals surface area (Å²) < 4.78 is 5.48. The van der Waals surface area contributed by atoms with Gasteiger partial charge in [-0.3, -0.25) is 4.79 Å². The SMILES string of the molecule is O=C(Cc1nnc(-c2cccs2)o1)NCc1ccccc1Cl. The normalized spacial score (nSPS) is 10.6. The molecule has 2 heterocycles. The Kier molecular flexibility index (Phi) is 4.50. The van der Waals surface area contributed by atoms with Gasteiger partial charge in [0.25, 0.3) is 5.89 Å². The van der Waals surface area contributed by atoms with E-state index in [0.29, 0.717) is 23.3 Å². The van der Waals surface area contributed by atoms with Gasteiger partial charge in [0, 0.05) is 11.6 Å². The van der Waals surface area contributed by atoms with Crippen LogP contribution in [0.15, 0.2) is 46.2 Å². The lowest BCUT2D eigenvalue weighted by molar-refractivity contribution is -0.120. The summed E-state index contributed by atoms with van der Waals surface area (Å²) in [6.07, 6.45) is 0.0445. The minimum atomic E-state index is -0.193. The molecule has 3 aromatic rings. The molecule has 1 N–H and O–H groups in total. The fourth-order valence-corrected chi connectivity index (χ4v) is 2.71. The molecule has 0 saturated carbocycles. The van der Waals surface area contributed by atoms with Crippen LogP contribution in [-0.4, -0.2) is 16.1 Å². The molecule has 1 aromatic carbocycles. The minimum absolute atomic E-state index is 0.0445. The molecule has 112 valence electrons. The van der Waals surface area contributed by atoms with E-state index in [2.05, 4.69) is 15.5 Å². The highest BCUT2D eigenvalue weighted by Gasteiger charge is 2.13. The predicted octanol–water partition coefficient (Wildman–Crippen LogP) is 3.31. The van der Waals surface area contributed by atoms with E-state index in [1.165, 1.54) is 11.3 Å². The van der Waals surface area contributed by atoms with Gasteiger partial charge in [0.2, 0.25) is 11.8 Å². The average Bonchev–Trinajstić information content (AvgIpc) is 3.17. The summed E-state index contributed by atoms with van der Waals surface area (Å²) in [4.78, 5) is 12.8. The summed E-state index contributed by atoms with van der Waals surface area (Å²) in [6.45, 7) is 0.366. The second-order valence-corrected chi connectivity index (χ2v) is 5.88. The van der Waals surface area contributed by atoms with Crippen LogP contribution >= 0.6 is 22.9 Å². The number of thiophene rings is 1. The van der Waals surface area contributed by atoms with Crippen molar-refractivity contribution in [3.8, 4) is 10.8 Å². The molecule has 1 amide bonds. The summed E-state index contributed by atoms with van der Waals surface area (Å²) in [6, 6.07) is 11.2. The van der Waals surface area contributed by atoms with Crippen molar-refractivity contribution in [1.82, 2.24) is 15.5 Å². The van der Waals surface area contributed by atoms with Gasteiger partial charge in [-0.2, -0.15) is 0 Å². The number of nitrogens with zero attached hydrogens (tertiary/aromatic N) is 2. The lowest BCUT2D eigenvalue weighted by Crippen LogP contribution is -2.24. The van der Waals surface area contributed by atoms with Gasteiger partial charge in [0.15, 0.2) is 0 Å². The Morgan fingerprint density at radius 1 is 1.23 bits per heavy atom. The van der Waals surface area contributed by atoms with Gasteiger partial charge < -0.3 is 9.73 Å². The molecule has 0 unspecified atom stereocenters. The number of hydrogen-bond acceptors (Lipinski definition) is 5. The van der Waals surface area contributed by atoms with Crippen molar-refractivity contribution in [2.75, 3.05) is 0 Å². The maximum Gasteiger partial charge on any atom is 0.257 e. The molecule has 0 saturated heterocycles. The van der Waals surface area contributed by atoms with Gasteiger partial charge in [0.05, 0.1) is 4.88 Å². The zero-order valence-electron chi connectivity index (χ0n) is 11.5. The van der Waals surface area contributed by atoms with E-state index in [-0.39, 0.29) is 12.3 Å². The van der Waals surface area contributed by atoms with Crippen LogP contribution in [0.1, 0.15) is 11.5 Å². The fraction of sp³-hybridized carbons (Fsp3) is 0.133. The summed E-state index contributed by atoms with van der Waals surface area (Å²) in [7, 11) is 0. The Hall–Kier alpha value is -2.18. The molecule has 0 spiro atoms. The minimum Gasteiger partial charge on any atom is -0.419 e. The molecule has 0 bridgehead atoms. The monoisotopic (exact) mass is 333 g/mol. The van der Waals surface area contributed by atoms with Gasteiger partial charge in [0.1, 0.15) is 6.42 Å². The molecule has 3 rings (SSSR count). The van der Waals surface area contributed by atoms with Crippen LogP contribution < -0.4 is 5.32 Å². The molecule has 0 aliphatic rings. The Labute approximate surface area is 135 Å². The van der Waals surface area contributed by atoms with Crippen molar-refractivity contribution in [1.29, 1.82) is 0 Å². The summed E-state index contributed by atoms with van der Waals surface area (Å²) in [5, 5.41) is 13.2. The van der Waals surface area contributed by atoms with Crippen LogP contribution in [0.3, 0.4) is 0 Å². The Balaban J connectivity index is 1.57. The van der Waals surface area contributed by atoms with E-state index in [4.69, 9.17) is 16.0 Å². The maximum atomic E-state index is 11.9. The van der Waals surface area contributed by atoms with Crippen LogP contribution in [0.4, 0.5) is 0 Å². The maximum absolute atomic E-state index is 11.9. The molecule has 2 aromatic heterocycles. The largest absolute Gasteiger partial charge is 0.419 e. The van der Waals surface area contributed by atoms with Crippen LogP contribution in [0, 0.1) is 0 Å². The van der Waals surface area contributed by atoms with Crippen molar-refractivity contribution in [3.05, 3.63) is 58.3 Å². The van der Waals surface area contributed by atoms with Crippen molar-refractivity contribution in [3.63, 3.8) is 0 Å². The standard InChI is InChI=1S/C15H12ClN3O2S/c16-11-5-2-1-4-10(11)9-17-13(20)8-14-18-19-15(21-14)12-6-3-7-22-12/h1-7H,8-9H2,(H,17,20). The van der Waals surface area contributed by atoms with Crippen LogP contribution in [-0.2, 0) is 17.8 Å². The van der Waals surface area contributed by atoms with Crippen molar-refractivity contribution < 1.29 is 9.21 Å². The Morgan fingerprint density at radius 2 is 2.09 bits per heavy atom. The summed E-state index contributed by atoms with van der Waals surface area (Å²) in [5.41, 5.74) is 0.863. The highest BCUT2D eigenvalue weighted by atomic mass is 35.5. The number of halogens is 1. The quantitative estimate of drug-likeness (QED) is 0.777. The number of carbonyl (C=O) groups is 1. The Bertz CT molecular complexity index is 771. The molecule has 0 aliphatic heterocycles. The highest BCUT2D eigenvalue weighted by molar-refractivity contribution is 7.13. The van der Waals surface area contributed by atoms with E-state index < -0.39 is 0 Å². The lowest BCUT2D eigenvalue weighted by Gasteiger charge is -2.05. The smallest absolute Gasteiger partial charge is 0.257 e. The number of nitrogens with one attached hydrogen (secondary N) is 1. The number of aromatic nitrogens is 2. The number of rotatable bonds is 5. The molecule has 22 heavy (non-hydrogen) atoms. The third-order valence-corrected chi connectivity index (χ3v) is 4.17.